The lowest BCUT2D eigenvalue weighted by Gasteiger charge is -2.21. The zero-order valence-corrected chi connectivity index (χ0v) is 9.79. The van der Waals surface area contributed by atoms with Crippen molar-refractivity contribution in [3.8, 4) is 0 Å². The molecule has 2 atom stereocenters. The fraction of sp³-hybridized carbons (Fsp3) is 0.818. The second kappa shape index (κ2) is 4.21. The highest BCUT2D eigenvalue weighted by atomic mass is 16.6. The summed E-state index contributed by atoms with van der Waals surface area (Å²) in [5.74, 6) is 0.279. The zero-order chi connectivity index (χ0) is 11.6. The Balaban J connectivity index is 2.37. The number of carbonyl (C=O) groups is 2. The van der Waals surface area contributed by atoms with Gasteiger partial charge in [-0.3, -0.25) is 4.79 Å². The minimum absolute atomic E-state index is 0.0534. The van der Waals surface area contributed by atoms with Crippen molar-refractivity contribution in [1.29, 1.82) is 0 Å². The Morgan fingerprint density at radius 3 is 2.47 bits per heavy atom. The first kappa shape index (κ1) is 12.0. The predicted molar refractivity (Wildman–Crippen MR) is 56.6 cm³/mol. The monoisotopic (exact) mass is 213 g/mol. The molecule has 15 heavy (non-hydrogen) atoms. The van der Waals surface area contributed by atoms with E-state index in [4.69, 9.17) is 4.74 Å². The van der Waals surface area contributed by atoms with E-state index in [-0.39, 0.29) is 17.7 Å². The van der Waals surface area contributed by atoms with Gasteiger partial charge in [0, 0.05) is 18.4 Å². The van der Waals surface area contributed by atoms with Crippen molar-refractivity contribution in [2.45, 2.75) is 52.2 Å². The van der Waals surface area contributed by atoms with Crippen LogP contribution in [0.15, 0.2) is 0 Å². The van der Waals surface area contributed by atoms with Gasteiger partial charge in [-0.1, -0.05) is 6.92 Å². The summed E-state index contributed by atoms with van der Waals surface area (Å²) in [5.41, 5.74) is -0.488. The lowest BCUT2D eigenvalue weighted by molar-refractivity contribution is -0.120. The molecule has 1 fully saturated rings. The summed E-state index contributed by atoms with van der Waals surface area (Å²) in [4.78, 5) is 22.6. The number of nitrogens with one attached hydrogen (secondary N) is 1. The van der Waals surface area contributed by atoms with Gasteiger partial charge in [0.15, 0.2) is 0 Å². The summed E-state index contributed by atoms with van der Waals surface area (Å²) in [6.45, 7) is 7.33. The maximum Gasteiger partial charge on any atom is 0.407 e. The van der Waals surface area contributed by atoms with Crippen molar-refractivity contribution in [2.75, 3.05) is 0 Å². The Morgan fingerprint density at radius 1 is 1.47 bits per heavy atom. The van der Waals surface area contributed by atoms with Crippen molar-refractivity contribution in [3.05, 3.63) is 0 Å². The van der Waals surface area contributed by atoms with E-state index in [9.17, 15) is 9.59 Å². The van der Waals surface area contributed by atoms with Gasteiger partial charge in [0.05, 0.1) is 0 Å². The Kier molecular flexibility index (Phi) is 3.37. The molecule has 0 aromatic heterocycles. The van der Waals surface area contributed by atoms with Gasteiger partial charge in [0.1, 0.15) is 11.4 Å². The van der Waals surface area contributed by atoms with E-state index < -0.39 is 11.7 Å². The van der Waals surface area contributed by atoms with E-state index in [1.165, 1.54) is 0 Å². The minimum Gasteiger partial charge on any atom is -0.444 e. The number of hydrogen-bond donors (Lipinski definition) is 1. The molecule has 4 heteroatoms. The molecule has 1 N–H and O–H groups in total. The van der Waals surface area contributed by atoms with Crippen molar-refractivity contribution in [2.24, 2.45) is 5.92 Å². The highest BCUT2D eigenvalue weighted by molar-refractivity contribution is 5.84. The van der Waals surface area contributed by atoms with Crippen LogP contribution in [0.2, 0.25) is 0 Å². The van der Waals surface area contributed by atoms with E-state index in [1.807, 2.05) is 27.7 Å². The van der Waals surface area contributed by atoms with Gasteiger partial charge in [-0.25, -0.2) is 4.79 Å². The Labute approximate surface area is 90.4 Å². The standard InChI is InChI=1S/C11H19NO3/c1-7-5-8(6-9(7)13)12-10(14)15-11(2,3)4/h7-8H,5-6H2,1-4H3,(H,12,14). The second-order valence-electron chi connectivity index (χ2n) is 5.15. The molecule has 0 aliphatic heterocycles. The molecule has 1 aliphatic rings. The summed E-state index contributed by atoms with van der Waals surface area (Å²) >= 11 is 0. The molecule has 0 radical (unpaired) electrons. The van der Waals surface area contributed by atoms with Crippen LogP contribution in [0.3, 0.4) is 0 Å². The SMILES string of the molecule is CC1CC(NC(=O)OC(C)(C)C)CC1=O. The molecule has 2 unspecified atom stereocenters. The van der Waals surface area contributed by atoms with Crippen LogP contribution in [0.4, 0.5) is 4.79 Å². The van der Waals surface area contributed by atoms with Crippen molar-refractivity contribution in [3.63, 3.8) is 0 Å². The summed E-state index contributed by atoms with van der Waals surface area (Å²) < 4.78 is 5.11. The number of rotatable bonds is 1. The van der Waals surface area contributed by atoms with E-state index >= 15 is 0 Å². The average molecular weight is 213 g/mol. The van der Waals surface area contributed by atoms with E-state index in [1.54, 1.807) is 0 Å². The zero-order valence-electron chi connectivity index (χ0n) is 9.79. The lowest BCUT2D eigenvalue weighted by atomic mass is 10.1. The van der Waals surface area contributed by atoms with Gasteiger partial charge >= 0.3 is 6.09 Å². The Morgan fingerprint density at radius 2 is 2.07 bits per heavy atom. The van der Waals surface area contributed by atoms with Gasteiger partial charge in [0.25, 0.3) is 0 Å². The first-order valence-corrected chi connectivity index (χ1v) is 5.30. The first-order chi connectivity index (χ1) is 6.78. The number of Topliss-reactive ketones (excluding diaryl/α,β-unsaturated/α-hetero) is 1. The van der Waals surface area contributed by atoms with E-state index in [2.05, 4.69) is 5.32 Å². The largest absolute Gasteiger partial charge is 0.444 e. The third-order valence-electron chi connectivity index (χ3n) is 2.36. The molecule has 0 heterocycles. The molecule has 0 bridgehead atoms. The number of carbonyl (C=O) groups excluding carboxylic acids is 2. The smallest absolute Gasteiger partial charge is 0.407 e. The summed E-state index contributed by atoms with van der Waals surface area (Å²) in [6.07, 6.45) is 0.716. The Bertz CT molecular complexity index is 267. The van der Waals surface area contributed by atoms with Gasteiger partial charge in [-0.2, -0.15) is 0 Å². The number of alkyl carbamates (subject to hydrolysis) is 1. The quantitative estimate of drug-likeness (QED) is 0.723. The molecule has 4 nitrogen and oxygen atoms in total. The third-order valence-corrected chi connectivity index (χ3v) is 2.36. The van der Waals surface area contributed by atoms with Crippen LogP contribution in [0.1, 0.15) is 40.5 Å². The average Bonchev–Trinajstić information content (AvgIpc) is 2.26. The van der Waals surface area contributed by atoms with Gasteiger partial charge in [-0.05, 0) is 27.2 Å². The first-order valence-electron chi connectivity index (χ1n) is 5.30. The van der Waals surface area contributed by atoms with Crippen LogP contribution in [-0.2, 0) is 9.53 Å². The molecule has 1 amide bonds. The molecule has 86 valence electrons. The van der Waals surface area contributed by atoms with E-state index in [0.717, 1.165) is 6.42 Å². The number of ketones is 1. The fourth-order valence-electron chi connectivity index (χ4n) is 1.67. The second-order valence-corrected chi connectivity index (χ2v) is 5.15. The molecule has 0 aromatic carbocycles. The molecule has 1 aliphatic carbocycles. The number of amides is 1. The lowest BCUT2D eigenvalue weighted by Crippen LogP contribution is -2.38. The summed E-state index contributed by atoms with van der Waals surface area (Å²) in [6, 6.07) is -0.0534. The highest BCUT2D eigenvalue weighted by Gasteiger charge is 2.31. The summed E-state index contributed by atoms with van der Waals surface area (Å²) in [7, 11) is 0. The molecule has 0 saturated heterocycles. The molecule has 1 rings (SSSR count). The molecule has 0 aromatic rings. The number of ether oxygens (including phenoxy) is 1. The third kappa shape index (κ3) is 3.90. The maximum atomic E-state index is 11.4. The van der Waals surface area contributed by atoms with Crippen molar-refractivity contribution >= 4 is 11.9 Å². The van der Waals surface area contributed by atoms with E-state index in [0.29, 0.717) is 6.42 Å². The van der Waals surface area contributed by atoms with Gasteiger partial charge < -0.3 is 10.1 Å². The van der Waals surface area contributed by atoms with Crippen LogP contribution in [0.25, 0.3) is 0 Å². The predicted octanol–water partition coefficient (Wildman–Crippen LogP) is 1.88. The van der Waals surface area contributed by atoms with Gasteiger partial charge in [-0.15, -0.1) is 0 Å². The van der Waals surface area contributed by atoms with Crippen LogP contribution >= 0.6 is 0 Å². The van der Waals surface area contributed by atoms with Crippen LogP contribution in [0.5, 0.6) is 0 Å². The highest BCUT2D eigenvalue weighted by Crippen LogP contribution is 2.21. The fourth-order valence-corrected chi connectivity index (χ4v) is 1.67. The molecule has 0 spiro atoms. The normalized spacial score (nSPS) is 26.5. The van der Waals surface area contributed by atoms with Crippen LogP contribution in [0, 0.1) is 5.92 Å². The minimum atomic E-state index is -0.488. The number of hydrogen-bond acceptors (Lipinski definition) is 3. The van der Waals surface area contributed by atoms with Crippen LogP contribution in [-0.4, -0.2) is 23.5 Å². The topological polar surface area (TPSA) is 55.4 Å². The Hall–Kier alpha value is -1.06. The maximum absolute atomic E-state index is 11.4. The summed E-state index contributed by atoms with van der Waals surface area (Å²) in [5, 5.41) is 2.71. The molecular weight excluding hydrogens is 194 g/mol. The molecular formula is C11H19NO3. The van der Waals surface area contributed by atoms with Gasteiger partial charge in [0.2, 0.25) is 0 Å². The van der Waals surface area contributed by atoms with Crippen molar-refractivity contribution in [1.82, 2.24) is 5.32 Å². The van der Waals surface area contributed by atoms with Crippen LogP contribution < -0.4 is 5.32 Å². The molecule has 1 saturated carbocycles. The van der Waals surface area contributed by atoms with Crippen molar-refractivity contribution < 1.29 is 14.3 Å².